The van der Waals surface area contributed by atoms with Crippen molar-refractivity contribution >= 4 is 33.8 Å². The number of aromatic nitrogens is 1. The second-order valence-electron chi connectivity index (χ2n) is 4.95. The van der Waals surface area contributed by atoms with Crippen molar-refractivity contribution in [1.82, 2.24) is 4.98 Å². The van der Waals surface area contributed by atoms with E-state index in [1.165, 1.54) is 16.2 Å². The third-order valence-electron chi connectivity index (χ3n) is 3.30. The summed E-state index contributed by atoms with van der Waals surface area (Å²) in [5, 5.41) is 12.1. The molecular formula is C14H16N2O3S2. The van der Waals surface area contributed by atoms with Gasteiger partial charge in [0.05, 0.1) is 18.8 Å². The first kappa shape index (κ1) is 14.5. The van der Waals surface area contributed by atoms with Crippen molar-refractivity contribution in [2.24, 2.45) is 0 Å². The molecule has 0 amide bonds. The second-order valence-corrected chi connectivity index (χ2v) is 6.96. The Morgan fingerprint density at radius 1 is 1.57 bits per heavy atom. The molecule has 2 heterocycles. The summed E-state index contributed by atoms with van der Waals surface area (Å²) in [5.74, 6) is -0.933. The Kier molecular flexibility index (Phi) is 4.23. The second kappa shape index (κ2) is 6.13. The Balaban J connectivity index is 1.88. The third-order valence-corrected chi connectivity index (χ3v) is 5.28. The van der Waals surface area contributed by atoms with E-state index in [1.54, 1.807) is 18.4 Å². The van der Waals surface area contributed by atoms with E-state index >= 15 is 0 Å². The van der Waals surface area contributed by atoms with Crippen LogP contribution in [-0.4, -0.2) is 29.2 Å². The lowest BCUT2D eigenvalue weighted by atomic mass is 10.4. The van der Waals surface area contributed by atoms with Crippen molar-refractivity contribution in [2.75, 3.05) is 12.0 Å². The van der Waals surface area contributed by atoms with Gasteiger partial charge in [-0.3, -0.25) is 0 Å². The molecule has 2 aromatic rings. The summed E-state index contributed by atoms with van der Waals surface area (Å²) in [6, 6.07) is 4.61. The molecule has 1 saturated carbocycles. The summed E-state index contributed by atoms with van der Waals surface area (Å²) in [6.45, 7) is 1.02. The third kappa shape index (κ3) is 3.25. The van der Waals surface area contributed by atoms with Gasteiger partial charge < -0.3 is 14.7 Å². The molecule has 21 heavy (non-hydrogen) atoms. The summed E-state index contributed by atoms with van der Waals surface area (Å²) in [5.41, 5.74) is 0.516. The largest absolute Gasteiger partial charge is 0.477 e. The number of thiazole rings is 1. The fraction of sp³-hybridized carbons (Fsp3) is 0.429. The predicted octanol–water partition coefficient (Wildman–Crippen LogP) is 3.22. The molecule has 0 bridgehead atoms. The van der Waals surface area contributed by atoms with Crippen molar-refractivity contribution in [1.29, 1.82) is 0 Å². The molecule has 5 nitrogen and oxygen atoms in total. The van der Waals surface area contributed by atoms with E-state index in [2.05, 4.69) is 21.3 Å². The van der Waals surface area contributed by atoms with E-state index < -0.39 is 5.97 Å². The fourth-order valence-corrected chi connectivity index (χ4v) is 3.85. The molecule has 2 aromatic heterocycles. The highest BCUT2D eigenvalue weighted by atomic mass is 32.1. The van der Waals surface area contributed by atoms with Crippen molar-refractivity contribution in [3.63, 3.8) is 0 Å². The SMILES string of the molecule is COCc1nc(N(Cc2cccs2)C2CC2)sc1C(=O)O. The number of anilines is 1. The Labute approximate surface area is 130 Å². The van der Waals surface area contributed by atoms with Crippen molar-refractivity contribution in [3.8, 4) is 0 Å². The summed E-state index contributed by atoms with van der Waals surface area (Å²) in [4.78, 5) is 19.6. The highest BCUT2D eigenvalue weighted by Crippen LogP contribution is 2.37. The lowest BCUT2D eigenvalue weighted by Crippen LogP contribution is -2.24. The highest BCUT2D eigenvalue weighted by molar-refractivity contribution is 7.17. The van der Waals surface area contributed by atoms with Gasteiger partial charge in [-0.25, -0.2) is 9.78 Å². The van der Waals surface area contributed by atoms with E-state index in [0.29, 0.717) is 11.7 Å². The predicted molar refractivity (Wildman–Crippen MR) is 83.3 cm³/mol. The van der Waals surface area contributed by atoms with Gasteiger partial charge >= 0.3 is 5.97 Å². The normalized spacial score (nSPS) is 14.3. The summed E-state index contributed by atoms with van der Waals surface area (Å²) < 4.78 is 5.06. The van der Waals surface area contributed by atoms with Gasteiger partial charge in [-0.2, -0.15) is 0 Å². The standard InChI is InChI=1S/C14H16N2O3S2/c1-19-8-11-12(13(17)18)21-14(15-11)16(9-4-5-9)7-10-3-2-6-20-10/h2-3,6,9H,4-5,7-8H2,1H3,(H,17,18). The van der Waals surface area contributed by atoms with E-state index in [9.17, 15) is 9.90 Å². The zero-order valence-electron chi connectivity index (χ0n) is 11.6. The van der Waals surface area contributed by atoms with E-state index in [1.807, 2.05) is 6.07 Å². The smallest absolute Gasteiger partial charge is 0.347 e. The summed E-state index contributed by atoms with van der Waals surface area (Å²) in [6.07, 6.45) is 2.29. The Morgan fingerprint density at radius 2 is 2.38 bits per heavy atom. The molecule has 0 aromatic carbocycles. The number of nitrogens with zero attached hydrogens (tertiary/aromatic N) is 2. The molecule has 0 radical (unpaired) electrons. The summed E-state index contributed by atoms with van der Waals surface area (Å²) >= 11 is 2.96. The van der Waals surface area contributed by atoms with E-state index in [0.717, 1.165) is 24.5 Å². The van der Waals surface area contributed by atoms with Crippen LogP contribution < -0.4 is 4.90 Å². The number of rotatable bonds is 7. The molecule has 0 atom stereocenters. The molecule has 1 N–H and O–H groups in total. The first-order valence-corrected chi connectivity index (χ1v) is 8.39. The first-order valence-electron chi connectivity index (χ1n) is 6.70. The Morgan fingerprint density at radius 3 is 2.95 bits per heavy atom. The number of methoxy groups -OCH3 is 1. The minimum absolute atomic E-state index is 0.232. The first-order chi connectivity index (χ1) is 10.2. The van der Waals surface area contributed by atoms with Crippen LogP contribution in [0.1, 0.15) is 33.1 Å². The molecule has 112 valence electrons. The molecule has 1 aliphatic rings. The van der Waals surface area contributed by atoms with E-state index in [4.69, 9.17) is 4.74 Å². The van der Waals surface area contributed by atoms with Crippen LogP contribution in [0.25, 0.3) is 0 Å². The zero-order valence-corrected chi connectivity index (χ0v) is 13.2. The van der Waals surface area contributed by atoms with Gasteiger partial charge in [-0.05, 0) is 24.3 Å². The minimum Gasteiger partial charge on any atom is -0.477 e. The van der Waals surface area contributed by atoms with Gasteiger partial charge in [0.2, 0.25) is 0 Å². The topological polar surface area (TPSA) is 62.7 Å². The fourth-order valence-electron chi connectivity index (χ4n) is 2.17. The van der Waals surface area contributed by atoms with E-state index in [-0.39, 0.29) is 11.5 Å². The number of aromatic carboxylic acids is 1. The number of thiophene rings is 1. The van der Waals surface area contributed by atoms with Crippen molar-refractivity contribution < 1.29 is 14.6 Å². The molecule has 7 heteroatoms. The van der Waals surface area contributed by atoms with Gasteiger partial charge in [-0.15, -0.1) is 11.3 Å². The van der Waals surface area contributed by atoms with Crippen LogP contribution in [0.3, 0.4) is 0 Å². The van der Waals surface area contributed by atoms with Crippen LogP contribution >= 0.6 is 22.7 Å². The Hall–Kier alpha value is -1.44. The number of ether oxygens (including phenoxy) is 1. The zero-order chi connectivity index (χ0) is 14.8. The van der Waals surface area contributed by atoms with Crippen LogP contribution in [0, 0.1) is 0 Å². The van der Waals surface area contributed by atoms with Gasteiger partial charge in [0.1, 0.15) is 4.88 Å². The minimum atomic E-state index is -0.933. The van der Waals surface area contributed by atoms with Crippen LogP contribution in [0.5, 0.6) is 0 Å². The van der Waals surface area contributed by atoms with Crippen molar-refractivity contribution in [2.45, 2.75) is 32.0 Å². The van der Waals surface area contributed by atoms with Gasteiger partial charge in [0.15, 0.2) is 5.13 Å². The monoisotopic (exact) mass is 324 g/mol. The van der Waals surface area contributed by atoms with Crippen LogP contribution in [0.15, 0.2) is 17.5 Å². The Bertz CT molecular complexity index is 620. The van der Waals surface area contributed by atoms with Gasteiger partial charge in [0.25, 0.3) is 0 Å². The molecule has 0 spiro atoms. The quantitative estimate of drug-likeness (QED) is 0.847. The molecule has 1 aliphatic carbocycles. The number of carboxylic acid groups (broad SMARTS) is 1. The number of hydrogen-bond acceptors (Lipinski definition) is 6. The van der Waals surface area contributed by atoms with Gasteiger partial charge in [-0.1, -0.05) is 17.4 Å². The lowest BCUT2D eigenvalue weighted by Gasteiger charge is -2.20. The molecule has 1 fully saturated rings. The molecule has 0 unspecified atom stereocenters. The summed E-state index contributed by atoms with van der Waals surface area (Å²) in [7, 11) is 1.55. The number of hydrogen-bond donors (Lipinski definition) is 1. The van der Waals surface area contributed by atoms with Crippen LogP contribution in [0.2, 0.25) is 0 Å². The molecular weight excluding hydrogens is 308 g/mol. The number of carboxylic acids is 1. The average Bonchev–Trinajstić information content (AvgIpc) is 2.99. The maximum atomic E-state index is 11.3. The van der Waals surface area contributed by atoms with Crippen LogP contribution in [-0.2, 0) is 17.9 Å². The average molecular weight is 324 g/mol. The molecule has 0 aliphatic heterocycles. The lowest BCUT2D eigenvalue weighted by molar-refractivity contribution is 0.0697. The van der Waals surface area contributed by atoms with Crippen LogP contribution in [0.4, 0.5) is 5.13 Å². The van der Waals surface area contributed by atoms with Crippen molar-refractivity contribution in [3.05, 3.63) is 33.0 Å². The maximum Gasteiger partial charge on any atom is 0.347 e. The molecule has 0 saturated heterocycles. The molecule has 3 rings (SSSR count). The number of carbonyl (C=O) groups is 1. The highest BCUT2D eigenvalue weighted by Gasteiger charge is 2.32. The maximum absolute atomic E-state index is 11.3. The van der Waals surface area contributed by atoms with Gasteiger partial charge in [0, 0.05) is 18.0 Å².